The fourth-order valence-corrected chi connectivity index (χ4v) is 1.27. The summed E-state index contributed by atoms with van der Waals surface area (Å²) in [4.78, 5) is 0. The van der Waals surface area contributed by atoms with Crippen molar-refractivity contribution in [1.29, 1.82) is 0 Å². The number of hydrogen-bond acceptors (Lipinski definition) is 5. The zero-order valence-electron chi connectivity index (χ0n) is 7.75. The molecule has 0 aliphatic rings. The second-order valence-electron chi connectivity index (χ2n) is 3.02. The van der Waals surface area contributed by atoms with Crippen LogP contribution < -0.4 is 5.32 Å². The molecule has 0 saturated carbocycles. The minimum atomic E-state index is -0.526. The molecule has 0 amide bonds. The molecule has 2 aromatic heterocycles. The summed E-state index contributed by atoms with van der Waals surface area (Å²) >= 11 is 0. The highest BCUT2D eigenvalue weighted by atomic mass is 16.3. The third-order valence-electron chi connectivity index (χ3n) is 2.00. The SMILES string of the molecule is CNCC(O)c1ccn2nnnc2c1. The first-order chi connectivity index (χ1) is 6.81. The van der Waals surface area contributed by atoms with E-state index in [0.29, 0.717) is 12.2 Å². The van der Waals surface area contributed by atoms with Gasteiger partial charge in [0.15, 0.2) is 5.65 Å². The number of fused-ring (bicyclic) bond motifs is 1. The average Bonchev–Trinajstić information content (AvgIpc) is 2.64. The fraction of sp³-hybridized carbons (Fsp3) is 0.375. The highest BCUT2D eigenvalue weighted by Crippen LogP contribution is 2.12. The van der Waals surface area contributed by atoms with Crippen LogP contribution in [-0.4, -0.2) is 38.7 Å². The normalized spacial score (nSPS) is 13.3. The van der Waals surface area contributed by atoms with Crippen molar-refractivity contribution >= 4 is 5.65 Å². The van der Waals surface area contributed by atoms with Crippen LogP contribution >= 0.6 is 0 Å². The lowest BCUT2D eigenvalue weighted by molar-refractivity contribution is 0.178. The van der Waals surface area contributed by atoms with Gasteiger partial charge in [-0.3, -0.25) is 0 Å². The zero-order valence-corrected chi connectivity index (χ0v) is 7.75. The van der Waals surface area contributed by atoms with E-state index in [-0.39, 0.29) is 0 Å². The van der Waals surface area contributed by atoms with Gasteiger partial charge in [0.05, 0.1) is 6.10 Å². The fourth-order valence-electron chi connectivity index (χ4n) is 1.27. The van der Waals surface area contributed by atoms with Crippen molar-refractivity contribution in [3.8, 4) is 0 Å². The maximum atomic E-state index is 9.68. The van der Waals surface area contributed by atoms with Crippen molar-refractivity contribution < 1.29 is 5.11 Å². The molecule has 14 heavy (non-hydrogen) atoms. The van der Waals surface area contributed by atoms with Crippen LogP contribution in [0, 0.1) is 0 Å². The minimum absolute atomic E-state index is 0.512. The van der Waals surface area contributed by atoms with Gasteiger partial charge in [-0.15, -0.1) is 5.10 Å². The van der Waals surface area contributed by atoms with Gasteiger partial charge in [0, 0.05) is 12.7 Å². The Bertz CT molecular complexity index is 426. The molecule has 0 fully saturated rings. The maximum Gasteiger partial charge on any atom is 0.179 e. The van der Waals surface area contributed by atoms with Gasteiger partial charge < -0.3 is 10.4 Å². The summed E-state index contributed by atoms with van der Waals surface area (Å²) in [5.41, 5.74) is 1.44. The summed E-state index contributed by atoms with van der Waals surface area (Å²) in [7, 11) is 1.79. The third kappa shape index (κ3) is 1.57. The van der Waals surface area contributed by atoms with Crippen LogP contribution in [0.1, 0.15) is 11.7 Å². The number of nitrogens with one attached hydrogen (secondary N) is 1. The molecule has 0 aromatic carbocycles. The summed E-state index contributed by atoms with van der Waals surface area (Å²) in [5, 5.41) is 23.6. The van der Waals surface area contributed by atoms with Gasteiger partial charge in [-0.1, -0.05) is 0 Å². The number of aromatic nitrogens is 4. The predicted molar refractivity (Wildman–Crippen MR) is 49.7 cm³/mol. The molecular formula is C8H11N5O. The van der Waals surface area contributed by atoms with Crippen LogP contribution in [0.25, 0.3) is 5.65 Å². The monoisotopic (exact) mass is 193 g/mol. The molecule has 2 aromatic rings. The molecule has 0 spiro atoms. The van der Waals surface area contributed by atoms with Gasteiger partial charge in [-0.05, 0) is 35.2 Å². The van der Waals surface area contributed by atoms with Gasteiger partial charge in [-0.25, -0.2) is 4.52 Å². The molecule has 2 heterocycles. The molecule has 0 aliphatic carbocycles. The molecule has 2 N–H and O–H groups in total. The van der Waals surface area contributed by atoms with Gasteiger partial charge >= 0.3 is 0 Å². The van der Waals surface area contributed by atoms with Crippen molar-refractivity contribution in [2.45, 2.75) is 6.10 Å². The number of rotatable bonds is 3. The van der Waals surface area contributed by atoms with E-state index in [2.05, 4.69) is 20.8 Å². The average molecular weight is 193 g/mol. The number of tetrazole rings is 1. The molecule has 1 atom stereocenters. The van der Waals surface area contributed by atoms with Gasteiger partial charge in [0.1, 0.15) is 0 Å². The molecule has 0 bridgehead atoms. The summed E-state index contributed by atoms with van der Waals surface area (Å²) in [6.45, 7) is 0.512. The third-order valence-corrected chi connectivity index (χ3v) is 2.00. The number of aliphatic hydroxyl groups is 1. The minimum Gasteiger partial charge on any atom is -0.387 e. The molecule has 0 aliphatic heterocycles. The second kappa shape index (κ2) is 3.69. The van der Waals surface area contributed by atoms with Crippen molar-refractivity contribution in [2.24, 2.45) is 0 Å². The first-order valence-corrected chi connectivity index (χ1v) is 4.31. The highest BCUT2D eigenvalue weighted by Gasteiger charge is 2.07. The first-order valence-electron chi connectivity index (χ1n) is 4.31. The standard InChI is InChI=1S/C8H11N5O/c1-9-5-7(14)6-2-3-13-8(4-6)10-11-12-13/h2-4,7,9,14H,5H2,1H3. The largest absolute Gasteiger partial charge is 0.387 e. The number of aliphatic hydroxyl groups excluding tert-OH is 1. The van der Waals surface area contributed by atoms with Crippen LogP contribution in [0.15, 0.2) is 18.3 Å². The first kappa shape index (κ1) is 9.04. The number of hydrogen-bond donors (Lipinski definition) is 2. The Hall–Kier alpha value is -1.53. The molecule has 0 saturated heterocycles. The van der Waals surface area contributed by atoms with Gasteiger partial charge in [0.25, 0.3) is 0 Å². The van der Waals surface area contributed by atoms with E-state index in [4.69, 9.17) is 0 Å². The molecule has 6 nitrogen and oxygen atoms in total. The van der Waals surface area contributed by atoms with Crippen molar-refractivity contribution in [2.75, 3.05) is 13.6 Å². The topological polar surface area (TPSA) is 75.3 Å². The van der Waals surface area contributed by atoms with Crippen LogP contribution in [-0.2, 0) is 0 Å². The Kier molecular flexibility index (Phi) is 2.38. The van der Waals surface area contributed by atoms with Crippen molar-refractivity contribution in [3.05, 3.63) is 23.9 Å². The van der Waals surface area contributed by atoms with E-state index in [1.165, 1.54) is 0 Å². The quantitative estimate of drug-likeness (QED) is 0.679. The maximum absolute atomic E-state index is 9.68. The summed E-state index contributed by atoms with van der Waals surface area (Å²) in [5.74, 6) is 0. The zero-order chi connectivity index (χ0) is 9.97. The lowest BCUT2D eigenvalue weighted by Gasteiger charge is -2.09. The number of pyridine rings is 1. The Morgan fingerprint density at radius 2 is 2.50 bits per heavy atom. The summed E-state index contributed by atoms with van der Waals surface area (Å²) in [6.07, 6.45) is 1.20. The molecule has 2 rings (SSSR count). The molecular weight excluding hydrogens is 182 g/mol. The van der Waals surface area contributed by atoms with E-state index in [9.17, 15) is 5.11 Å². The van der Waals surface area contributed by atoms with Crippen molar-refractivity contribution in [3.63, 3.8) is 0 Å². The molecule has 6 heteroatoms. The van der Waals surface area contributed by atoms with E-state index < -0.39 is 6.10 Å². The Morgan fingerprint density at radius 1 is 1.64 bits per heavy atom. The molecule has 74 valence electrons. The van der Waals surface area contributed by atoms with E-state index >= 15 is 0 Å². The predicted octanol–water partition coefficient (Wildman–Crippen LogP) is -0.623. The van der Waals surface area contributed by atoms with Crippen LogP contribution in [0.3, 0.4) is 0 Å². The van der Waals surface area contributed by atoms with Gasteiger partial charge in [-0.2, -0.15) is 0 Å². The van der Waals surface area contributed by atoms with E-state index in [1.807, 2.05) is 0 Å². The summed E-state index contributed by atoms with van der Waals surface area (Å²) in [6, 6.07) is 3.56. The lowest BCUT2D eigenvalue weighted by Crippen LogP contribution is -2.16. The van der Waals surface area contributed by atoms with Crippen LogP contribution in [0.4, 0.5) is 0 Å². The second-order valence-corrected chi connectivity index (χ2v) is 3.02. The van der Waals surface area contributed by atoms with E-state index in [1.54, 1.807) is 29.9 Å². The van der Waals surface area contributed by atoms with Crippen LogP contribution in [0.5, 0.6) is 0 Å². The number of likely N-dealkylation sites (N-methyl/N-ethyl adjacent to an activating group) is 1. The van der Waals surface area contributed by atoms with Gasteiger partial charge in [0.2, 0.25) is 0 Å². The Labute approximate surface area is 80.6 Å². The Balaban J connectivity index is 2.33. The van der Waals surface area contributed by atoms with Crippen LogP contribution in [0.2, 0.25) is 0 Å². The number of nitrogens with zero attached hydrogens (tertiary/aromatic N) is 4. The molecule has 1 unspecified atom stereocenters. The Morgan fingerprint density at radius 3 is 3.29 bits per heavy atom. The van der Waals surface area contributed by atoms with Crippen molar-refractivity contribution in [1.82, 2.24) is 25.4 Å². The van der Waals surface area contributed by atoms with E-state index in [0.717, 1.165) is 5.56 Å². The molecule has 0 radical (unpaired) electrons. The summed E-state index contributed by atoms with van der Waals surface area (Å²) < 4.78 is 1.55. The highest BCUT2D eigenvalue weighted by molar-refractivity contribution is 5.39. The smallest absolute Gasteiger partial charge is 0.179 e. The lowest BCUT2D eigenvalue weighted by atomic mass is 10.1.